The van der Waals surface area contributed by atoms with E-state index in [0.29, 0.717) is 0 Å². The Bertz CT molecular complexity index is 2700. The van der Waals surface area contributed by atoms with Crippen molar-refractivity contribution in [3.8, 4) is 5.82 Å². The first-order valence-electron chi connectivity index (χ1n) is 18.5. The molecule has 0 amide bonds. The average molecular weight is 696 g/mol. The summed E-state index contributed by atoms with van der Waals surface area (Å²) in [5.74, 6) is 0.880. The number of hydrogen-bond acceptors (Lipinski definition) is 4. The highest BCUT2D eigenvalue weighted by Gasteiger charge is 2.27. The highest BCUT2D eigenvalue weighted by Crippen LogP contribution is 2.44. The number of fused-ring (bicyclic) bond motifs is 4. The minimum absolute atomic E-state index is 0.761. The zero-order valence-corrected chi connectivity index (χ0v) is 29.7. The van der Waals surface area contributed by atoms with E-state index in [-0.39, 0.29) is 0 Å². The van der Waals surface area contributed by atoms with Crippen LogP contribution in [0.1, 0.15) is 11.1 Å². The van der Waals surface area contributed by atoms with Crippen molar-refractivity contribution in [3.05, 3.63) is 211 Å². The molecular weight excluding hydrogens is 659 g/mol. The third-order valence-corrected chi connectivity index (χ3v) is 10.4. The highest BCUT2D eigenvalue weighted by molar-refractivity contribution is 6.09. The summed E-state index contributed by atoms with van der Waals surface area (Å²) in [5.41, 5.74) is 12.9. The molecule has 5 nitrogen and oxygen atoms in total. The second-order valence-electron chi connectivity index (χ2n) is 13.8. The van der Waals surface area contributed by atoms with Crippen LogP contribution in [-0.2, 0) is 6.42 Å². The summed E-state index contributed by atoms with van der Waals surface area (Å²) in [6.45, 7) is 0.761. The fourth-order valence-electron chi connectivity index (χ4n) is 7.98. The first kappa shape index (κ1) is 31.6. The van der Waals surface area contributed by atoms with E-state index in [2.05, 4.69) is 213 Å². The fraction of sp³-hybridized carbons (Fsp3) is 0.0408. The zero-order valence-electron chi connectivity index (χ0n) is 29.7. The first-order valence-corrected chi connectivity index (χ1v) is 18.5. The molecule has 3 heterocycles. The van der Waals surface area contributed by atoms with Gasteiger partial charge < -0.3 is 14.7 Å². The van der Waals surface area contributed by atoms with Crippen LogP contribution in [0.25, 0.3) is 27.6 Å². The van der Waals surface area contributed by atoms with Crippen molar-refractivity contribution in [1.29, 1.82) is 0 Å². The molecule has 0 spiro atoms. The van der Waals surface area contributed by atoms with Gasteiger partial charge in [0.25, 0.3) is 0 Å². The second-order valence-corrected chi connectivity index (χ2v) is 13.8. The van der Waals surface area contributed by atoms with Crippen LogP contribution in [0.2, 0.25) is 0 Å². The third-order valence-electron chi connectivity index (χ3n) is 10.4. The molecule has 7 aromatic carbocycles. The summed E-state index contributed by atoms with van der Waals surface area (Å²) in [7, 11) is 0. The maximum atomic E-state index is 4.99. The number of nitrogens with zero attached hydrogens (tertiary/aromatic N) is 5. The van der Waals surface area contributed by atoms with Gasteiger partial charge in [-0.15, -0.1) is 0 Å². The number of benzene rings is 7. The molecule has 10 rings (SSSR count). The van der Waals surface area contributed by atoms with Crippen molar-refractivity contribution in [1.82, 2.24) is 9.55 Å². The lowest BCUT2D eigenvalue weighted by atomic mass is 10.0. The van der Waals surface area contributed by atoms with Gasteiger partial charge in [-0.3, -0.25) is 4.57 Å². The summed E-state index contributed by atoms with van der Waals surface area (Å²) >= 11 is 0. The van der Waals surface area contributed by atoms with Crippen LogP contribution < -0.4 is 14.7 Å². The van der Waals surface area contributed by atoms with Gasteiger partial charge in [0.2, 0.25) is 0 Å². The van der Waals surface area contributed by atoms with Gasteiger partial charge in [0, 0.05) is 45.8 Å². The lowest BCUT2D eigenvalue weighted by Crippen LogP contribution is -2.23. The van der Waals surface area contributed by atoms with Crippen molar-refractivity contribution in [2.24, 2.45) is 0 Å². The van der Waals surface area contributed by atoms with E-state index in [1.807, 2.05) is 6.20 Å². The molecule has 0 saturated carbocycles. The minimum atomic E-state index is 0.761. The molecule has 2 aromatic heterocycles. The Morgan fingerprint density at radius 1 is 0.444 bits per heavy atom. The van der Waals surface area contributed by atoms with E-state index >= 15 is 0 Å². The van der Waals surface area contributed by atoms with Crippen LogP contribution in [0.3, 0.4) is 0 Å². The molecule has 0 N–H and O–H groups in total. The van der Waals surface area contributed by atoms with E-state index in [1.54, 1.807) is 0 Å². The number of hydrogen-bond donors (Lipinski definition) is 0. The van der Waals surface area contributed by atoms with Gasteiger partial charge in [-0.1, -0.05) is 109 Å². The lowest BCUT2D eigenvalue weighted by molar-refractivity contribution is 0.988. The molecule has 0 saturated heterocycles. The highest BCUT2D eigenvalue weighted by atomic mass is 15.4. The zero-order chi connectivity index (χ0) is 35.8. The van der Waals surface area contributed by atoms with Gasteiger partial charge in [0.05, 0.1) is 28.1 Å². The van der Waals surface area contributed by atoms with Gasteiger partial charge >= 0.3 is 0 Å². The predicted molar refractivity (Wildman–Crippen MR) is 225 cm³/mol. The molecule has 0 bridgehead atoms. The van der Waals surface area contributed by atoms with Crippen LogP contribution in [0, 0.1) is 0 Å². The van der Waals surface area contributed by atoms with Crippen molar-refractivity contribution < 1.29 is 0 Å². The molecule has 0 radical (unpaired) electrons. The molecule has 0 unspecified atom stereocenters. The Kier molecular flexibility index (Phi) is 7.88. The molecule has 1 aliphatic rings. The standard InChI is InChI=1S/C49H37N5/c1-4-16-38(17-5-1)51-35-52(47-26-13-12-25-46(47)51)41-22-14-15-36(32-41)31-37-27-28-44-43-23-10-11-24-45(43)54(48(44)33-37)49-34-42(29-30-50-49)53(39-18-6-2-7-19-39)40-20-8-3-9-21-40/h1-30,32-34H,31,35H2. The number of para-hydroxylation sites is 6. The molecule has 54 heavy (non-hydrogen) atoms. The smallest absolute Gasteiger partial charge is 0.139 e. The van der Waals surface area contributed by atoms with E-state index < -0.39 is 0 Å². The summed E-state index contributed by atoms with van der Waals surface area (Å²) in [6.07, 6.45) is 2.74. The number of pyridine rings is 1. The average Bonchev–Trinajstić information content (AvgIpc) is 3.79. The topological polar surface area (TPSA) is 27.5 Å². The van der Waals surface area contributed by atoms with Gasteiger partial charge in [0.1, 0.15) is 12.5 Å². The van der Waals surface area contributed by atoms with Crippen LogP contribution in [0.15, 0.2) is 200 Å². The van der Waals surface area contributed by atoms with Crippen molar-refractivity contribution >= 4 is 61.6 Å². The predicted octanol–water partition coefficient (Wildman–Crippen LogP) is 12.5. The molecular formula is C49H37N5. The maximum Gasteiger partial charge on any atom is 0.139 e. The minimum Gasteiger partial charge on any atom is -0.321 e. The van der Waals surface area contributed by atoms with Gasteiger partial charge in [-0.2, -0.15) is 0 Å². The molecule has 9 aromatic rings. The Morgan fingerprint density at radius 3 is 1.78 bits per heavy atom. The van der Waals surface area contributed by atoms with Crippen LogP contribution in [0.4, 0.5) is 39.8 Å². The Labute approximate surface area is 315 Å². The molecule has 0 atom stereocenters. The first-order chi connectivity index (χ1) is 26.8. The maximum absolute atomic E-state index is 4.99. The quantitative estimate of drug-likeness (QED) is 0.158. The van der Waals surface area contributed by atoms with E-state index in [0.717, 1.165) is 47.0 Å². The largest absolute Gasteiger partial charge is 0.321 e. The summed E-state index contributed by atoms with van der Waals surface area (Å²) in [4.78, 5) is 12.1. The van der Waals surface area contributed by atoms with Crippen LogP contribution >= 0.6 is 0 Å². The van der Waals surface area contributed by atoms with Crippen molar-refractivity contribution in [2.45, 2.75) is 6.42 Å². The van der Waals surface area contributed by atoms with Crippen molar-refractivity contribution in [3.63, 3.8) is 0 Å². The van der Waals surface area contributed by atoms with Crippen LogP contribution in [0.5, 0.6) is 0 Å². The third kappa shape index (κ3) is 5.63. The Hall–Kier alpha value is -7.11. The fourth-order valence-corrected chi connectivity index (χ4v) is 7.98. The van der Waals surface area contributed by atoms with E-state index in [4.69, 9.17) is 4.98 Å². The van der Waals surface area contributed by atoms with E-state index in [9.17, 15) is 0 Å². The number of aromatic nitrogens is 2. The SMILES string of the molecule is c1ccc(N2CN(c3cccc(Cc4ccc5c6ccccc6n(-c6cc(N(c7ccccc7)c7ccccc7)ccn6)c5c4)c3)c3ccccc32)cc1. The Morgan fingerprint density at radius 2 is 1.04 bits per heavy atom. The molecule has 5 heteroatoms. The second kappa shape index (κ2) is 13.5. The van der Waals surface area contributed by atoms with Gasteiger partial charge in [-0.25, -0.2) is 4.98 Å². The van der Waals surface area contributed by atoms with Gasteiger partial charge in [-0.05, 0) is 96.4 Å². The molecule has 1 aliphatic heterocycles. The summed E-state index contributed by atoms with van der Waals surface area (Å²) < 4.78 is 2.32. The van der Waals surface area contributed by atoms with Crippen LogP contribution in [-0.4, -0.2) is 16.2 Å². The summed E-state index contributed by atoms with van der Waals surface area (Å²) in [6, 6.07) is 69.2. The molecule has 0 fully saturated rings. The monoisotopic (exact) mass is 695 g/mol. The normalized spacial score (nSPS) is 12.4. The Balaban J connectivity index is 1.03. The lowest BCUT2D eigenvalue weighted by Gasteiger charge is -2.25. The molecule has 0 aliphatic carbocycles. The van der Waals surface area contributed by atoms with Gasteiger partial charge in [0.15, 0.2) is 0 Å². The molecule has 258 valence electrons. The van der Waals surface area contributed by atoms with Crippen molar-refractivity contribution in [2.75, 3.05) is 21.4 Å². The number of rotatable bonds is 8. The summed E-state index contributed by atoms with van der Waals surface area (Å²) in [5, 5.41) is 2.43. The number of anilines is 7. The van der Waals surface area contributed by atoms with E-state index in [1.165, 1.54) is 44.6 Å².